The highest BCUT2D eigenvalue weighted by Crippen LogP contribution is 2.40. The summed E-state index contributed by atoms with van der Waals surface area (Å²) in [7, 11) is 2.09. The van der Waals surface area contributed by atoms with Crippen molar-refractivity contribution in [1.82, 2.24) is 5.32 Å². The summed E-state index contributed by atoms with van der Waals surface area (Å²) in [5.74, 6) is 1.05. The van der Waals surface area contributed by atoms with E-state index in [1.165, 1.54) is 5.69 Å². The Hall–Kier alpha value is -1.22. The average Bonchev–Trinajstić information content (AvgIpc) is 2.90. The molecule has 0 amide bonds. The number of rotatable bonds is 1. The smallest absolute Gasteiger partial charge is 0.124 e. The average molecular weight is 218 g/mol. The van der Waals surface area contributed by atoms with Crippen molar-refractivity contribution in [2.75, 3.05) is 31.6 Å². The molecule has 3 nitrogen and oxygen atoms in total. The van der Waals surface area contributed by atoms with Gasteiger partial charge in [0.2, 0.25) is 0 Å². The van der Waals surface area contributed by atoms with Crippen molar-refractivity contribution in [2.24, 2.45) is 0 Å². The predicted octanol–water partition coefficient (Wildman–Crippen LogP) is 1.46. The van der Waals surface area contributed by atoms with Crippen LogP contribution < -0.4 is 10.2 Å². The lowest BCUT2D eigenvalue weighted by atomic mass is 9.94. The Balaban J connectivity index is 2.02. The maximum atomic E-state index is 10.3. The van der Waals surface area contributed by atoms with E-state index in [1.54, 1.807) is 0 Å². The summed E-state index contributed by atoms with van der Waals surface area (Å²) in [6, 6.07) is 4.27. The van der Waals surface area contributed by atoms with Crippen LogP contribution in [0.25, 0.3) is 0 Å². The molecule has 1 unspecified atom stereocenters. The van der Waals surface area contributed by atoms with E-state index >= 15 is 0 Å². The molecule has 1 fully saturated rings. The molecule has 1 aromatic carbocycles. The van der Waals surface area contributed by atoms with Crippen LogP contribution in [0.5, 0.6) is 5.75 Å². The van der Waals surface area contributed by atoms with Crippen molar-refractivity contribution in [2.45, 2.75) is 18.8 Å². The number of aromatic hydroxyl groups is 1. The van der Waals surface area contributed by atoms with Crippen molar-refractivity contribution in [3.8, 4) is 5.75 Å². The second-order valence-electron chi connectivity index (χ2n) is 4.86. The quantitative estimate of drug-likeness (QED) is 0.749. The molecule has 1 atom stereocenters. The summed E-state index contributed by atoms with van der Waals surface area (Å²) in [5, 5.41) is 13.7. The summed E-state index contributed by atoms with van der Waals surface area (Å²) in [4.78, 5) is 2.21. The highest BCUT2D eigenvalue weighted by atomic mass is 16.3. The Bertz CT molecular complexity index is 411. The van der Waals surface area contributed by atoms with Gasteiger partial charge in [-0.25, -0.2) is 0 Å². The standard InChI is InChI=1S/C13H18N2O/c1-15-7-5-11-12(15)3-2-10(13(11)16)9-4-6-14-8-9/h2-3,9,14,16H,4-8H2,1H3. The lowest BCUT2D eigenvalue weighted by molar-refractivity contribution is 0.457. The first-order valence-corrected chi connectivity index (χ1v) is 6.04. The van der Waals surface area contributed by atoms with Crippen LogP contribution in [0.2, 0.25) is 0 Å². The number of likely N-dealkylation sites (N-methyl/N-ethyl adjacent to an activating group) is 1. The third-order valence-electron chi connectivity index (χ3n) is 3.90. The van der Waals surface area contributed by atoms with Crippen LogP contribution in [0.3, 0.4) is 0 Å². The van der Waals surface area contributed by atoms with E-state index < -0.39 is 0 Å². The van der Waals surface area contributed by atoms with Gasteiger partial charge in [0.1, 0.15) is 5.75 Å². The molecule has 0 bridgehead atoms. The number of fused-ring (bicyclic) bond motifs is 1. The Morgan fingerprint density at radius 2 is 2.31 bits per heavy atom. The van der Waals surface area contributed by atoms with Gasteiger partial charge >= 0.3 is 0 Å². The van der Waals surface area contributed by atoms with Crippen LogP contribution in [0.1, 0.15) is 23.5 Å². The Morgan fingerprint density at radius 1 is 1.44 bits per heavy atom. The van der Waals surface area contributed by atoms with Gasteiger partial charge in [0.05, 0.1) is 0 Å². The largest absolute Gasteiger partial charge is 0.507 e. The zero-order valence-corrected chi connectivity index (χ0v) is 9.66. The number of anilines is 1. The molecule has 1 aromatic rings. The Kier molecular flexibility index (Phi) is 2.28. The minimum Gasteiger partial charge on any atom is -0.507 e. The molecular weight excluding hydrogens is 200 g/mol. The van der Waals surface area contributed by atoms with Gasteiger partial charge < -0.3 is 15.3 Å². The molecular formula is C13H18N2O. The third-order valence-corrected chi connectivity index (χ3v) is 3.90. The van der Waals surface area contributed by atoms with E-state index in [-0.39, 0.29) is 0 Å². The lowest BCUT2D eigenvalue weighted by Crippen LogP contribution is -2.12. The summed E-state index contributed by atoms with van der Waals surface area (Å²) in [6.45, 7) is 3.10. The molecule has 3 heteroatoms. The molecule has 0 spiro atoms. The summed E-state index contributed by atoms with van der Waals surface area (Å²) >= 11 is 0. The first kappa shape index (κ1) is 9.97. The summed E-state index contributed by atoms with van der Waals surface area (Å²) in [5.41, 5.74) is 3.48. The third kappa shape index (κ3) is 1.39. The maximum absolute atomic E-state index is 10.3. The van der Waals surface area contributed by atoms with Crippen molar-refractivity contribution in [1.29, 1.82) is 0 Å². The maximum Gasteiger partial charge on any atom is 0.124 e. The molecule has 0 saturated carbocycles. The number of nitrogens with zero attached hydrogens (tertiary/aromatic N) is 1. The second kappa shape index (κ2) is 3.67. The fraction of sp³-hybridized carbons (Fsp3) is 0.538. The van der Waals surface area contributed by atoms with Crippen molar-refractivity contribution < 1.29 is 5.11 Å². The van der Waals surface area contributed by atoms with Gasteiger partial charge in [-0.05, 0) is 31.0 Å². The minimum atomic E-state index is 0.496. The number of phenolic OH excluding ortho intramolecular Hbond substituents is 1. The first-order valence-electron chi connectivity index (χ1n) is 6.04. The van der Waals surface area contributed by atoms with E-state index in [4.69, 9.17) is 0 Å². The first-order chi connectivity index (χ1) is 7.77. The summed E-state index contributed by atoms with van der Waals surface area (Å²) in [6.07, 6.45) is 2.12. The fourth-order valence-electron chi connectivity index (χ4n) is 2.90. The molecule has 3 rings (SSSR count). The second-order valence-corrected chi connectivity index (χ2v) is 4.86. The van der Waals surface area contributed by atoms with Crippen molar-refractivity contribution in [3.05, 3.63) is 23.3 Å². The van der Waals surface area contributed by atoms with Crippen LogP contribution in [-0.2, 0) is 6.42 Å². The number of nitrogens with one attached hydrogen (secondary N) is 1. The molecule has 2 N–H and O–H groups in total. The van der Waals surface area contributed by atoms with Crippen LogP contribution in [0, 0.1) is 0 Å². The van der Waals surface area contributed by atoms with Gasteiger partial charge in [-0.1, -0.05) is 6.07 Å². The Labute approximate surface area is 96.1 Å². The van der Waals surface area contributed by atoms with E-state index in [2.05, 4.69) is 29.4 Å². The van der Waals surface area contributed by atoms with Crippen LogP contribution >= 0.6 is 0 Å². The molecule has 1 saturated heterocycles. The van der Waals surface area contributed by atoms with Gasteiger partial charge in [-0.3, -0.25) is 0 Å². The molecule has 2 heterocycles. The van der Waals surface area contributed by atoms with Crippen LogP contribution in [-0.4, -0.2) is 31.8 Å². The van der Waals surface area contributed by atoms with Crippen LogP contribution in [0.4, 0.5) is 5.69 Å². The monoisotopic (exact) mass is 218 g/mol. The molecule has 86 valence electrons. The van der Waals surface area contributed by atoms with Gasteiger partial charge in [0, 0.05) is 37.3 Å². The van der Waals surface area contributed by atoms with Crippen molar-refractivity contribution >= 4 is 5.69 Å². The zero-order valence-electron chi connectivity index (χ0n) is 9.66. The molecule has 2 aliphatic heterocycles. The molecule has 0 aliphatic carbocycles. The van der Waals surface area contributed by atoms with Gasteiger partial charge in [-0.2, -0.15) is 0 Å². The van der Waals surface area contributed by atoms with E-state index in [9.17, 15) is 5.11 Å². The zero-order chi connectivity index (χ0) is 11.1. The fourth-order valence-corrected chi connectivity index (χ4v) is 2.90. The molecule has 16 heavy (non-hydrogen) atoms. The number of hydrogen-bond donors (Lipinski definition) is 2. The number of hydrogen-bond acceptors (Lipinski definition) is 3. The topological polar surface area (TPSA) is 35.5 Å². The van der Waals surface area contributed by atoms with E-state index in [0.29, 0.717) is 11.7 Å². The summed E-state index contributed by atoms with van der Waals surface area (Å²) < 4.78 is 0. The number of benzene rings is 1. The Morgan fingerprint density at radius 3 is 3.06 bits per heavy atom. The highest BCUT2D eigenvalue weighted by Gasteiger charge is 2.25. The normalized spacial score (nSPS) is 23.8. The van der Waals surface area contributed by atoms with Gasteiger partial charge in [-0.15, -0.1) is 0 Å². The van der Waals surface area contributed by atoms with Crippen LogP contribution in [0.15, 0.2) is 12.1 Å². The molecule has 2 aliphatic rings. The van der Waals surface area contributed by atoms with E-state index in [0.717, 1.165) is 43.6 Å². The van der Waals surface area contributed by atoms with Gasteiger partial charge in [0.15, 0.2) is 0 Å². The minimum absolute atomic E-state index is 0.496. The predicted molar refractivity (Wildman–Crippen MR) is 65.3 cm³/mol. The van der Waals surface area contributed by atoms with Crippen molar-refractivity contribution in [3.63, 3.8) is 0 Å². The highest BCUT2D eigenvalue weighted by molar-refractivity contribution is 5.65. The van der Waals surface area contributed by atoms with Gasteiger partial charge in [0.25, 0.3) is 0 Å². The molecule has 0 radical (unpaired) electrons. The van der Waals surface area contributed by atoms with E-state index in [1.807, 2.05) is 0 Å². The SMILES string of the molecule is CN1CCc2c1ccc(C1CCNC1)c2O. The number of phenols is 1. The lowest BCUT2D eigenvalue weighted by Gasteiger charge is -2.16. The molecule has 0 aromatic heterocycles.